The molecule has 1 aromatic rings. The second-order valence-electron chi connectivity index (χ2n) is 5.97. The van der Waals surface area contributed by atoms with Gasteiger partial charge in [0, 0.05) is 24.4 Å². The summed E-state index contributed by atoms with van der Waals surface area (Å²) >= 11 is 0. The van der Waals surface area contributed by atoms with Gasteiger partial charge in [0.05, 0.1) is 0 Å². The van der Waals surface area contributed by atoms with E-state index in [9.17, 15) is 9.59 Å². The lowest BCUT2D eigenvalue weighted by atomic mass is 9.84. The zero-order valence-corrected chi connectivity index (χ0v) is 12.5. The summed E-state index contributed by atoms with van der Waals surface area (Å²) in [5.41, 5.74) is 1.67. The van der Waals surface area contributed by atoms with Gasteiger partial charge in [-0.25, -0.2) is 0 Å². The lowest BCUT2D eigenvalue weighted by Gasteiger charge is -2.44. The SMILES string of the molecule is O=CNc1ccc(/C=C/C(=O)NC2CN3CCC2CC3)cc1. The number of anilines is 1. The molecule has 2 N–H and O–H groups in total. The Morgan fingerprint density at radius 3 is 2.50 bits per heavy atom. The van der Waals surface area contributed by atoms with Crippen LogP contribution in [0.4, 0.5) is 5.69 Å². The molecule has 0 aromatic heterocycles. The van der Waals surface area contributed by atoms with Crippen LogP contribution in [0.5, 0.6) is 0 Å². The Labute approximate surface area is 130 Å². The molecule has 3 heterocycles. The fourth-order valence-electron chi connectivity index (χ4n) is 3.29. The maximum atomic E-state index is 12.1. The fourth-order valence-corrected chi connectivity index (χ4v) is 3.29. The minimum Gasteiger partial charge on any atom is -0.348 e. The molecule has 0 spiro atoms. The largest absolute Gasteiger partial charge is 0.348 e. The zero-order valence-electron chi connectivity index (χ0n) is 12.5. The predicted molar refractivity (Wildman–Crippen MR) is 86.3 cm³/mol. The highest BCUT2D eigenvalue weighted by atomic mass is 16.1. The van der Waals surface area contributed by atoms with Gasteiger partial charge in [0.1, 0.15) is 0 Å². The number of nitrogens with one attached hydrogen (secondary N) is 2. The maximum Gasteiger partial charge on any atom is 0.244 e. The topological polar surface area (TPSA) is 61.4 Å². The first-order valence-electron chi connectivity index (χ1n) is 7.76. The van der Waals surface area contributed by atoms with Gasteiger partial charge in [-0.15, -0.1) is 0 Å². The first-order valence-corrected chi connectivity index (χ1v) is 7.76. The quantitative estimate of drug-likeness (QED) is 0.639. The third kappa shape index (κ3) is 3.54. The van der Waals surface area contributed by atoms with Crippen LogP contribution in [0.2, 0.25) is 0 Å². The first kappa shape index (κ1) is 14.8. The molecular formula is C17H21N3O2. The minimum absolute atomic E-state index is 0.0335. The summed E-state index contributed by atoms with van der Waals surface area (Å²) in [7, 11) is 0. The Balaban J connectivity index is 1.53. The Hall–Kier alpha value is -2.14. The minimum atomic E-state index is -0.0335. The monoisotopic (exact) mass is 299 g/mol. The number of piperidine rings is 3. The maximum absolute atomic E-state index is 12.1. The van der Waals surface area contributed by atoms with Crippen LogP contribution >= 0.6 is 0 Å². The van der Waals surface area contributed by atoms with Crippen LogP contribution in [0.1, 0.15) is 18.4 Å². The molecule has 3 saturated heterocycles. The summed E-state index contributed by atoms with van der Waals surface area (Å²) in [5.74, 6) is 0.602. The summed E-state index contributed by atoms with van der Waals surface area (Å²) in [4.78, 5) is 24.8. The second kappa shape index (κ2) is 6.75. The zero-order chi connectivity index (χ0) is 15.4. The fraction of sp³-hybridized carbons (Fsp3) is 0.412. The van der Waals surface area contributed by atoms with Gasteiger partial charge in [0.25, 0.3) is 0 Å². The number of hydrogen-bond donors (Lipinski definition) is 2. The first-order chi connectivity index (χ1) is 10.7. The molecule has 2 amide bonds. The Morgan fingerprint density at radius 2 is 1.91 bits per heavy atom. The number of benzene rings is 1. The van der Waals surface area contributed by atoms with Crippen molar-refractivity contribution in [2.45, 2.75) is 18.9 Å². The molecular weight excluding hydrogens is 278 g/mol. The van der Waals surface area contributed by atoms with Gasteiger partial charge in [0.2, 0.25) is 12.3 Å². The molecule has 0 aliphatic carbocycles. The molecule has 3 aliphatic rings. The van der Waals surface area contributed by atoms with E-state index in [-0.39, 0.29) is 5.91 Å². The molecule has 2 bridgehead atoms. The number of rotatable bonds is 5. The van der Waals surface area contributed by atoms with E-state index in [1.807, 2.05) is 12.1 Å². The van der Waals surface area contributed by atoms with E-state index in [0.29, 0.717) is 18.4 Å². The van der Waals surface area contributed by atoms with Crippen LogP contribution in [-0.2, 0) is 9.59 Å². The van der Waals surface area contributed by atoms with Crippen molar-refractivity contribution in [3.63, 3.8) is 0 Å². The highest BCUT2D eigenvalue weighted by molar-refractivity contribution is 5.92. The highest BCUT2D eigenvalue weighted by Crippen LogP contribution is 2.27. The number of amides is 2. The molecule has 4 rings (SSSR count). The summed E-state index contributed by atoms with van der Waals surface area (Å²) in [6, 6.07) is 7.63. The molecule has 5 heteroatoms. The van der Waals surface area contributed by atoms with E-state index >= 15 is 0 Å². The van der Waals surface area contributed by atoms with Crippen molar-refractivity contribution in [2.75, 3.05) is 25.0 Å². The molecule has 22 heavy (non-hydrogen) atoms. The average molecular weight is 299 g/mol. The van der Waals surface area contributed by atoms with E-state index in [4.69, 9.17) is 0 Å². The Bertz CT molecular complexity index is 560. The van der Waals surface area contributed by atoms with E-state index in [0.717, 1.165) is 17.8 Å². The molecule has 3 fully saturated rings. The van der Waals surface area contributed by atoms with Crippen molar-refractivity contribution >= 4 is 24.1 Å². The Kier molecular flexibility index (Phi) is 4.53. The van der Waals surface area contributed by atoms with Crippen LogP contribution in [0.15, 0.2) is 30.3 Å². The lowest BCUT2D eigenvalue weighted by Crippen LogP contribution is -2.57. The number of carbonyl (C=O) groups excluding carboxylic acids is 2. The van der Waals surface area contributed by atoms with Crippen molar-refractivity contribution in [3.8, 4) is 0 Å². The van der Waals surface area contributed by atoms with Crippen LogP contribution in [0.25, 0.3) is 6.08 Å². The number of fused-ring (bicyclic) bond motifs is 3. The van der Waals surface area contributed by atoms with Crippen molar-refractivity contribution in [1.82, 2.24) is 10.2 Å². The van der Waals surface area contributed by atoms with Crippen molar-refractivity contribution in [3.05, 3.63) is 35.9 Å². The molecule has 116 valence electrons. The molecule has 3 aliphatic heterocycles. The van der Waals surface area contributed by atoms with Gasteiger partial charge in [-0.3, -0.25) is 9.59 Å². The third-order valence-corrected chi connectivity index (χ3v) is 4.55. The van der Waals surface area contributed by atoms with Gasteiger partial charge in [0.15, 0.2) is 0 Å². The van der Waals surface area contributed by atoms with Crippen LogP contribution in [0.3, 0.4) is 0 Å². The van der Waals surface area contributed by atoms with Crippen molar-refractivity contribution < 1.29 is 9.59 Å². The van der Waals surface area contributed by atoms with Crippen LogP contribution in [0, 0.1) is 5.92 Å². The predicted octanol–water partition coefficient (Wildman–Crippen LogP) is 1.48. The average Bonchev–Trinajstić information content (AvgIpc) is 2.56. The molecule has 0 saturated carbocycles. The van der Waals surface area contributed by atoms with Gasteiger partial charge in [-0.1, -0.05) is 12.1 Å². The van der Waals surface area contributed by atoms with Gasteiger partial charge >= 0.3 is 0 Å². The van der Waals surface area contributed by atoms with Crippen molar-refractivity contribution in [1.29, 1.82) is 0 Å². The standard InChI is InChI=1S/C17H21N3O2/c21-12-18-15-4-1-13(2-5-15)3-6-17(22)19-16-11-20-9-7-14(16)8-10-20/h1-6,12,14,16H,7-11H2,(H,18,21)(H,19,22)/b6-3+. The summed E-state index contributed by atoms with van der Waals surface area (Å²) in [6.07, 6.45) is 6.41. The van der Waals surface area contributed by atoms with E-state index < -0.39 is 0 Å². The van der Waals surface area contributed by atoms with Gasteiger partial charge in [-0.05, 0) is 55.6 Å². The van der Waals surface area contributed by atoms with Crippen molar-refractivity contribution in [2.24, 2.45) is 5.92 Å². The van der Waals surface area contributed by atoms with Gasteiger partial charge in [-0.2, -0.15) is 0 Å². The third-order valence-electron chi connectivity index (χ3n) is 4.55. The second-order valence-corrected chi connectivity index (χ2v) is 5.97. The Morgan fingerprint density at radius 1 is 1.18 bits per heavy atom. The van der Waals surface area contributed by atoms with Crippen LogP contribution < -0.4 is 10.6 Å². The highest BCUT2D eigenvalue weighted by Gasteiger charge is 2.34. The van der Waals surface area contributed by atoms with E-state index in [1.165, 1.54) is 25.9 Å². The lowest BCUT2D eigenvalue weighted by molar-refractivity contribution is -0.118. The summed E-state index contributed by atoms with van der Waals surface area (Å²) < 4.78 is 0. The summed E-state index contributed by atoms with van der Waals surface area (Å²) in [5, 5.41) is 5.71. The normalized spacial score (nSPS) is 26.8. The molecule has 1 atom stereocenters. The van der Waals surface area contributed by atoms with Gasteiger partial charge < -0.3 is 15.5 Å². The smallest absolute Gasteiger partial charge is 0.244 e. The number of nitrogens with zero attached hydrogens (tertiary/aromatic N) is 1. The van der Waals surface area contributed by atoms with Crippen LogP contribution in [-0.4, -0.2) is 42.9 Å². The van der Waals surface area contributed by atoms with E-state index in [2.05, 4.69) is 15.5 Å². The molecule has 1 aromatic carbocycles. The number of hydrogen-bond acceptors (Lipinski definition) is 3. The summed E-state index contributed by atoms with van der Waals surface area (Å²) in [6.45, 7) is 3.33. The molecule has 0 radical (unpaired) electrons. The van der Waals surface area contributed by atoms with E-state index in [1.54, 1.807) is 24.3 Å². The molecule has 5 nitrogen and oxygen atoms in total. The number of carbonyl (C=O) groups is 2. The molecule has 1 unspecified atom stereocenters.